The number of guanidine groups is 1. The van der Waals surface area contributed by atoms with Crippen LogP contribution in [0.15, 0.2) is 29.3 Å². The van der Waals surface area contributed by atoms with Gasteiger partial charge in [0.25, 0.3) is 0 Å². The molecule has 0 aromatic heterocycles. The molecule has 1 fully saturated rings. The number of piperidine rings is 1. The van der Waals surface area contributed by atoms with Crippen LogP contribution in [0.3, 0.4) is 0 Å². The summed E-state index contributed by atoms with van der Waals surface area (Å²) in [5, 5.41) is 6.75. The number of rotatable bonds is 6. The zero-order valence-corrected chi connectivity index (χ0v) is 16.4. The quantitative estimate of drug-likeness (QED) is 0.614. The summed E-state index contributed by atoms with van der Waals surface area (Å²) < 4.78 is 5.30. The van der Waals surface area contributed by atoms with Crippen molar-refractivity contribution < 1.29 is 4.74 Å². The molecule has 5 nitrogen and oxygen atoms in total. The van der Waals surface area contributed by atoms with E-state index in [1.807, 2.05) is 0 Å². The van der Waals surface area contributed by atoms with E-state index in [1.54, 1.807) is 7.11 Å². The highest BCUT2D eigenvalue weighted by Crippen LogP contribution is 2.35. The second-order valence-electron chi connectivity index (χ2n) is 7.12. The maximum atomic E-state index is 5.30. The molecule has 5 heteroatoms. The van der Waals surface area contributed by atoms with Crippen LogP contribution < -0.4 is 15.4 Å². The van der Waals surface area contributed by atoms with Crippen molar-refractivity contribution in [1.82, 2.24) is 15.5 Å². The lowest BCUT2D eigenvalue weighted by Gasteiger charge is -2.39. The summed E-state index contributed by atoms with van der Waals surface area (Å²) in [6, 6.07) is 9.29. The van der Waals surface area contributed by atoms with Crippen LogP contribution in [0.5, 0.6) is 5.75 Å². The van der Waals surface area contributed by atoms with Crippen LogP contribution in [0.25, 0.3) is 0 Å². The van der Waals surface area contributed by atoms with E-state index in [9.17, 15) is 0 Å². The molecule has 2 rings (SSSR count). The van der Waals surface area contributed by atoms with Gasteiger partial charge in [-0.2, -0.15) is 0 Å². The van der Waals surface area contributed by atoms with Gasteiger partial charge in [-0.3, -0.25) is 9.89 Å². The molecule has 1 aliphatic rings. The highest BCUT2D eigenvalue weighted by molar-refractivity contribution is 5.79. The van der Waals surface area contributed by atoms with E-state index in [2.05, 4.69) is 67.6 Å². The zero-order chi connectivity index (χ0) is 18.2. The molecule has 0 aliphatic carbocycles. The van der Waals surface area contributed by atoms with Gasteiger partial charge in [-0.15, -0.1) is 0 Å². The van der Waals surface area contributed by atoms with Crippen molar-refractivity contribution in [3.63, 3.8) is 0 Å². The maximum absolute atomic E-state index is 5.30. The van der Waals surface area contributed by atoms with Gasteiger partial charge in [0, 0.05) is 25.2 Å². The van der Waals surface area contributed by atoms with Crippen molar-refractivity contribution in [1.29, 1.82) is 0 Å². The Kier molecular flexibility index (Phi) is 7.56. The zero-order valence-electron chi connectivity index (χ0n) is 16.4. The largest absolute Gasteiger partial charge is 0.497 e. The average molecular weight is 347 g/mol. The lowest BCUT2D eigenvalue weighted by Crippen LogP contribution is -2.42. The van der Waals surface area contributed by atoms with Gasteiger partial charge in [0.2, 0.25) is 0 Å². The monoisotopic (exact) mass is 346 g/mol. The highest BCUT2D eigenvalue weighted by atomic mass is 16.5. The molecule has 140 valence electrons. The minimum atomic E-state index is 0.379. The summed E-state index contributed by atoms with van der Waals surface area (Å²) in [6.45, 7) is 9.24. The Morgan fingerprint density at radius 1 is 1.32 bits per heavy atom. The molecule has 1 aromatic carbocycles. The molecule has 0 amide bonds. The third-order valence-electron chi connectivity index (χ3n) is 4.72. The Hall–Kier alpha value is -1.75. The number of methoxy groups -OCH3 is 1. The first-order chi connectivity index (χ1) is 12.0. The number of nitrogens with one attached hydrogen (secondary N) is 2. The van der Waals surface area contributed by atoms with Gasteiger partial charge >= 0.3 is 0 Å². The summed E-state index contributed by atoms with van der Waals surface area (Å²) in [6.07, 6.45) is 2.45. The molecule has 2 N–H and O–H groups in total. The Morgan fingerprint density at radius 2 is 2.04 bits per heavy atom. The fourth-order valence-electron chi connectivity index (χ4n) is 3.58. The van der Waals surface area contributed by atoms with Gasteiger partial charge in [0.1, 0.15) is 5.75 Å². The molecular weight excluding hydrogens is 312 g/mol. The molecule has 0 spiro atoms. The Labute approximate surface area is 152 Å². The molecule has 0 saturated carbocycles. The third-order valence-corrected chi connectivity index (χ3v) is 4.72. The second-order valence-corrected chi connectivity index (χ2v) is 7.12. The van der Waals surface area contributed by atoms with Crippen LogP contribution in [0.1, 0.15) is 45.2 Å². The molecule has 2 unspecified atom stereocenters. The van der Waals surface area contributed by atoms with E-state index in [4.69, 9.17) is 9.73 Å². The summed E-state index contributed by atoms with van der Waals surface area (Å²) in [5.74, 6) is 2.35. The van der Waals surface area contributed by atoms with E-state index in [0.717, 1.165) is 31.3 Å². The minimum Gasteiger partial charge on any atom is -0.497 e. The van der Waals surface area contributed by atoms with Crippen molar-refractivity contribution in [2.45, 2.75) is 45.7 Å². The topological polar surface area (TPSA) is 48.9 Å². The van der Waals surface area contributed by atoms with Crippen LogP contribution in [0.4, 0.5) is 0 Å². The number of aliphatic imine (C=N–C) groups is 1. The summed E-state index contributed by atoms with van der Waals surface area (Å²) in [7, 11) is 3.94. The van der Waals surface area contributed by atoms with Crippen molar-refractivity contribution in [2.75, 3.05) is 33.8 Å². The first kappa shape index (κ1) is 19.6. The maximum Gasteiger partial charge on any atom is 0.191 e. The molecule has 25 heavy (non-hydrogen) atoms. The number of nitrogens with zero attached hydrogens (tertiary/aromatic N) is 2. The smallest absolute Gasteiger partial charge is 0.191 e. The van der Waals surface area contributed by atoms with Crippen molar-refractivity contribution in [3.8, 4) is 5.75 Å². The van der Waals surface area contributed by atoms with Gasteiger partial charge in [-0.25, -0.2) is 0 Å². The summed E-state index contributed by atoms with van der Waals surface area (Å²) >= 11 is 0. The van der Waals surface area contributed by atoms with Crippen LogP contribution >= 0.6 is 0 Å². The van der Waals surface area contributed by atoms with E-state index in [-0.39, 0.29) is 0 Å². The van der Waals surface area contributed by atoms with Gasteiger partial charge in [0.15, 0.2) is 5.96 Å². The summed E-state index contributed by atoms with van der Waals surface area (Å²) in [4.78, 5) is 7.33. The standard InChI is InChI=1S/C20H34N4O/c1-6-21-20(23-15(2)3)22-14-17-8-7-13-24(4)19(17)16-9-11-18(25-5)12-10-16/h9-12,15,17,19H,6-8,13-14H2,1-5H3,(H2,21,22,23). The van der Waals surface area contributed by atoms with E-state index < -0.39 is 0 Å². The SMILES string of the molecule is CCNC(=NCC1CCCN(C)C1c1ccc(OC)cc1)NC(C)C. The lowest BCUT2D eigenvalue weighted by molar-refractivity contribution is 0.125. The molecule has 2 atom stereocenters. The van der Waals surface area contributed by atoms with Crippen LogP contribution in [-0.2, 0) is 0 Å². The Morgan fingerprint density at radius 3 is 2.64 bits per heavy atom. The fraction of sp³-hybridized carbons (Fsp3) is 0.650. The lowest BCUT2D eigenvalue weighted by atomic mass is 9.85. The Balaban J connectivity index is 2.14. The molecule has 1 aromatic rings. The average Bonchev–Trinajstić information content (AvgIpc) is 2.59. The molecule has 1 saturated heterocycles. The molecule has 1 heterocycles. The predicted octanol–water partition coefficient (Wildman–Crippen LogP) is 3.04. The molecule has 0 radical (unpaired) electrons. The van der Waals surface area contributed by atoms with E-state index >= 15 is 0 Å². The number of ether oxygens (including phenoxy) is 1. The predicted molar refractivity (Wildman–Crippen MR) is 105 cm³/mol. The summed E-state index contributed by atoms with van der Waals surface area (Å²) in [5.41, 5.74) is 1.35. The fourth-order valence-corrected chi connectivity index (χ4v) is 3.58. The Bertz CT molecular complexity index is 541. The van der Waals surface area contributed by atoms with Gasteiger partial charge < -0.3 is 15.4 Å². The van der Waals surface area contributed by atoms with Crippen LogP contribution in [0, 0.1) is 5.92 Å². The molecular formula is C20H34N4O. The minimum absolute atomic E-state index is 0.379. The second kappa shape index (κ2) is 9.66. The van der Waals surface area contributed by atoms with Crippen LogP contribution in [-0.4, -0.2) is 50.7 Å². The number of benzene rings is 1. The molecule has 1 aliphatic heterocycles. The van der Waals surface area contributed by atoms with Gasteiger partial charge in [-0.1, -0.05) is 12.1 Å². The van der Waals surface area contributed by atoms with Crippen molar-refractivity contribution in [3.05, 3.63) is 29.8 Å². The first-order valence-electron chi connectivity index (χ1n) is 9.44. The van der Waals surface area contributed by atoms with Gasteiger partial charge in [0.05, 0.1) is 7.11 Å². The number of hydrogen-bond donors (Lipinski definition) is 2. The van der Waals surface area contributed by atoms with Crippen LogP contribution in [0.2, 0.25) is 0 Å². The van der Waals surface area contributed by atoms with Crippen molar-refractivity contribution in [2.24, 2.45) is 10.9 Å². The number of likely N-dealkylation sites (tertiary alicyclic amines) is 1. The molecule has 0 bridgehead atoms. The highest BCUT2D eigenvalue weighted by Gasteiger charge is 2.30. The van der Waals surface area contributed by atoms with Gasteiger partial charge in [-0.05, 0) is 70.8 Å². The van der Waals surface area contributed by atoms with Crippen molar-refractivity contribution >= 4 is 5.96 Å². The van der Waals surface area contributed by atoms with E-state index in [0.29, 0.717) is 18.0 Å². The third kappa shape index (κ3) is 5.63. The number of hydrogen-bond acceptors (Lipinski definition) is 3. The van der Waals surface area contributed by atoms with E-state index in [1.165, 1.54) is 18.4 Å². The first-order valence-corrected chi connectivity index (χ1v) is 9.44. The normalized spacial score (nSPS) is 22.1.